The summed E-state index contributed by atoms with van der Waals surface area (Å²) in [4.78, 5) is 15.1. The van der Waals surface area contributed by atoms with Crippen LogP contribution in [0.15, 0.2) is 4.99 Å². The first kappa shape index (κ1) is 22.6. The zero-order chi connectivity index (χ0) is 17.4. The summed E-state index contributed by atoms with van der Waals surface area (Å²) in [5, 5.41) is 7.85. The van der Waals surface area contributed by atoms with Crippen LogP contribution in [0.3, 0.4) is 0 Å². The lowest BCUT2D eigenvalue weighted by molar-refractivity contribution is 0.152. The fourth-order valence-electron chi connectivity index (χ4n) is 2.73. The Bertz CT molecular complexity index is 506. The molecule has 0 amide bonds. The number of unbranched alkanes of at least 4 members (excludes halogenated alkanes) is 1. The van der Waals surface area contributed by atoms with Crippen molar-refractivity contribution >= 4 is 41.3 Å². The van der Waals surface area contributed by atoms with Crippen molar-refractivity contribution in [3.8, 4) is 0 Å². The van der Waals surface area contributed by atoms with Gasteiger partial charge < -0.3 is 20.4 Å². The van der Waals surface area contributed by atoms with Crippen molar-refractivity contribution in [2.75, 3.05) is 53.4 Å². The number of nitrogens with one attached hydrogen (secondary N) is 2. The molecule has 2 heterocycles. The van der Waals surface area contributed by atoms with Gasteiger partial charge in [0, 0.05) is 44.6 Å². The molecule has 2 rings (SSSR count). The van der Waals surface area contributed by atoms with Crippen molar-refractivity contribution in [3.63, 3.8) is 0 Å². The van der Waals surface area contributed by atoms with Gasteiger partial charge in [-0.05, 0) is 40.3 Å². The first-order valence-corrected chi connectivity index (χ1v) is 9.68. The van der Waals surface area contributed by atoms with E-state index >= 15 is 0 Å². The highest BCUT2D eigenvalue weighted by atomic mass is 127. The van der Waals surface area contributed by atoms with Gasteiger partial charge in [-0.15, -0.1) is 35.3 Å². The molecule has 1 aliphatic rings. The SMILES string of the molecule is CN=C(NCCCCN1CCN(C)CC1)NCc1nc(C)c(C)s1.I. The molecule has 0 aromatic carbocycles. The van der Waals surface area contributed by atoms with E-state index in [-0.39, 0.29) is 24.0 Å². The second-order valence-corrected chi connectivity index (χ2v) is 7.74. The molecule has 0 spiro atoms. The molecule has 1 aromatic rings. The van der Waals surface area contributed by atoms with E-state index in [1.807, 2.05) is 7.05 Å². The van der Waals surface area contributed by atoms with Gasteiger partial charge in [-0.3, -0.25) is 4.99 Å². The van der Waals surface area contributed by atoms with Gasteiger partial charge in [-0.1, -0.05) is 0 Å². The minimum absolute atomic E-state index is 0. The van der Waals surface area contributed by atoms with Crippen LogP contribution in [-0.4, -0.2) is 74.1 Å². The van der Waals surface area contributed by atoms with E-state index < -0.39 is 0 Å². The first-order valence-electron chi connectivity index (χ1n) is 8.87. The Balaban J connectivity index is 0.00000312. The molecule has 1 aromatic heterocycles. The lowest BCUT2D eigenvalue weighted by Gasteiger charge is -2.32. The van der Waals surface area contributed by atoms with E-state index in [1.165, 1.54) is 50.4 Å². The van der Waals surface area contributed by atoms with Gasteiger partial charge in [0.05, 0.1) is 12.2 Å². The third-order valence-corrected chi connectivity index (χ3v) is 5.57. The number of rotatable bonds is 7. The van der Waals surface area contributed by atoms with E-state index in [9.17, 15) is 0 Å². The maximum atomic E-state index is 4.55. The van der Waals surface area contributed by atoms with Crippen LogP contribution in [0.1, 0.15) is 28.4 Å². The lowest BCUT2D eigenvalue weighted by Crippen LogP contribution is -2.44. The van der Waals surface area contributed by atoms with E-state index in [0.717, 1.165) is 29.8 Å². The average Bonchev–Trinajstić information content (AvgIpc) is 2.90. The number of guanidine groups is 1. The van der Waals surface area contributed by atoms with Gasteiger partial charge in [0.15, 0.2) is 5.96 Å². The van der Waals surface area contributed by atoms with Gasteiger partial charge in [-0.2, -0.15) is 0 Å². The summed E-state index contributed by atoms with van der Waals surface area (Å²) >= 11 is 1.75. The Morgan fingerprint density at radius 2 is 1.88 bits per heavy atom. The van der Waals surface area contributed by atoms with Crippen molar-refractivity contribution in [3.05, 3.63) is 15.6 Å². The van der Waals surface area contributed by atoms with E-state index in [2.05, 4.69) is 51.3 Å². The molecule has 0 saturated carbocycles. The fraction of sp³-hybridized carbons (Fsp3) is 0.765. The predicted octanol–water partition coefficient (Wildman–Crippen LogP) is 2.07. The molecule has 0 unspecified atom stereocenters. The first-order chi connectivity index (χ1) is 11.6. The van der Waals surface area contributed by atoms with Gasteiger partial charge >= 0.3 is 0 Å². The number of aromatic nitrogens is 1. The van der Waals surface area contributed by atoms with Crippen molar-refractivity contribution < 1.29 is 0 Å². The number of hydrogen-bond donors (Lipinski definition) is 2. The zero-order valence-electron chi connectivity index (χ0n) is 16.0. The molecule has 0 bridgehead atoms. The van der Waals surface area contributed by atoms with Crippen molar-refractivity contribution in [2.24, 2.45) is 4.99 Å². The number of piperazine rings is 1. The predicted molar refractivity (Wildman–Crippen MR) is 118 cm³/mol. The number of likely N-dealkylation sites (N-methyl/N-ethyl adjacent to an activating group) is 1. The fourth-order valence-corrected chi connectivity index (χ4v) is 3.61. The number of aliphatic imine (C=N–C) groups is 1. The van der Waals surface area contributed by atoms with Crippen LogP contribution in [0.25, 0.3) is 0 Å². The number of halogens is 1. The number of aryl methyl sites for hydroxylation is 2. The zero-order valence-corrected chi connectivity index (χ0v) is 19.1. The molecule has 0 atom stereocenters. The van der Waals surface area contributed by atoms with Gasteiger partial charge in [-0.25, -0.2) is 4.98 Å². The van der Waals surface area contributed by atoms with Crippen molar-refractivity contribution in [1.29, 1.82) is 0 Å². The highest BCUT2D eigenvalue weighted by Gasteiger charge is 2.12. The Morgan fingerprint density at radius 3 is 2.48 bits per heavy atom. The maximum Gasteiger partial charge on any atom is 0.191 e. The smallest absolute Gasteiger partial charge is 0.191 e. The van der Waals surface area contributed by atoms with E-state index in [4.69, 9.17) is 0 Å². The second-order valence-electron chi connectivity index (χ2n) is 6.45. The molecule has 6 nitrogen and oxygen atoms in total. The number of nitrogens with zero attached hydrogens (tertiary/aromatic N) is 4. The molecular formula is C17H33IN6S. The van der Waals surface area contributed by atoms with E-state index in [1.54, 1.807) is 11.3 Å². The van der Waals surface area contributed by atoms with Gasteiger partial charge in [0.1, 0.15) is 5.01 Å². The Kier molecular flexibility index (Phi) is 10.9. The normalized spacial score (nSPS) is 16.6. The molecule has 2 N–H and O–H groups in total. The molecule has 1 fully saturated rings. The van der Waals surface area contributed by atoms with Crippen molar-refractivity contribution in [1.82, 2.24) is 25.4 Å². The number of thiazole rings is 1. The Hall–Kier alpha value is -0.450. The molecule has 1 saturated heterocycles. The molecule has 0 radical (unpaired) electrons. The third kappa shape index (κ3) is 8.19. The minimum Gasteiger partial charge on any atom is -0.356 e. The van der Waals surface area contributed by atoms with Crippen LogP contribution < -0.4 is 10.6 Å². The topological polar surface area (TPSA) is 55.8 Å². The van der Waals surface area contributed by atoms with Crippen LogP contribution in [0, 0.1) is 13.8 Å². The lowest BCUT2D eigenvalue weighted by atomic mass is 10.2. The van der Waals surface area contributed by atoms with Crippen LogP contribution in [0.2, 0.25) is 0 Å². The molecule has 25 heavy (non-hydrogen) atoms. The Morgan fingerprint density at radius 1 is 1.16 bits per heavy atom. The molecule has 0 aliphatic carbocycles. The monoisotopic (exact) mass is 480 g/mol. The summed E-state index contributed by atoms with van der Waals surface area (Å²) in [6.45, 7) is 11.9. The summed E-state index contributed by atoms with van der Waals surface area (Å²) < 4.78 is 0. The van der Waals surface area contributed by atoms with Crippen LogP contribution in [0.5, 0.6) is 0 Å². The molecule has 144 valence electrons. The highest BCUT2D eigenvalue weighted by molar-refractivity contribution is 14.0. The summed E-state index contributed by atoms with van der Waals surface area (Å²) in [5.74, 6) is 0.861. The Labute approximate surface area is 173 Å². The summed E-state index contributed by atoms with van der Waals surface area (Å²) in [7, 11) is 4.02. The van der Waals surface area contributed by atoms with Crippen LogP contribution >= 0.6 is 35.3 Å². The van der Waals surface area contributed by atoms with Crippen LogP contribution in [0.4, 0.5) is 0 Å². The summed E-state index contributed by atoms with van der Waals surface area (Å²) in [6, 6.07) is 0. The maximum absolute atomic E-state index is 4.55. The highest BCUT2D eigenvalue weighted by Crippen LogP contribution is 2.15. The summed E-state index contributed by atoms with van der Waals surface area (Å²) in [6.07, 6.45) is 2.40. The van der Waals surface area contributed by atoms with Crippen molar-refractivity contribution in [2.45, 2.75) is 33.2 Å². The van der Waals surface area contributed by atoms with Crippen LogP contribution in [-0.2, 0) is 6.54 Å². The quantitative estimate of drug-likeness (QED) is 0.271. The van der Waals surface area contributed by atoms with E-state index in [0.29, 0.717) is 0 Å². The number of hydrogen-bond acceptors (Lipinski definition) is 5. The third-order valence-electron chi connectivity index (χ3n) is 4.49. The average molecular weight is 480 g/mol. The molecule has 1 aliphatic heterocycles. The molecule has 8 heteroatoms. The van der Waals surface area contributed by atoms with Gasteiger partial charge in [0.25, 0.3) is 0 Å². The van der Waals surface area contributed by atoms with Gasteiger partial charge in [0.2, 0.25) is 0 Å². The minimum atomic E-state index is 0. The second kappa shape index (κ2) is 12.0. The molecular weight excluding hydrogens is 447 g/mol. The summed E-state index contributed by atoms with van der Waals surface area (Å²) in [5.41, 5.74) is 1.13. The standard InChI is InChI=1S/C17H32N6S.HI/c1-14-15(2)24-16(21-14)13-20-17(18-3)19-7-5-6-8-23-11-9-22(4)10-12-23;/h5-13H2,1-4H3,(H2,18,19,20);1H. The largest absolute Gasteiger partial charge is 0.356 e.